The van der Waals surface area contributed by atoms with Gasteiger partial charge in [0.1, 0.15) is 11.9 Å². The van der Waals surface area contributed by atoms with E-state index in [9.17, 15) is 14.0 Å². The predicted molar refractivity (Wildman–Crippen MR) is 113 cm³/mol. The molecule has 9 nitrogen and oxygen atoms in total. The summed E-state index contributed by atoms with van der Waals surface area (Å²) >= 11 is 0. The van der Waals surface area contributed by atoms with Crippen LogP contribution in [0.25, 0.3) is 5.69 Å². The van der Waals surface area contributed by atoms with Crippen LogP contribution in [0.15, 0.2) is 53.9 Å². The van der Waals surface area contributed by atoms with Crippen molar-refractivity contribution in [2.45, 2.75) is 26.3 Å². The molecule has 0 unspecified atom stereocenters. The summed E-state index contributed by atoms with van der Waals surface area (Å²) in [5.41, 5.74) is 8.24. The highest BCUT2D eigenvalue weighted by Gasteiger charge is 2.40. The van der Waals surface area contributed by atoms with Gasteiger partial charge in [0.2, 0.25) is 0 Å². The Labute approximate surface area is 183 Å². The van der Waals surface area contributed by atoms with E-state index in [0.717, 1.165) is 5.56 Å². The Bertz CT molecular complexity index is 1210. The van der Waals surface area contributed by atoms with E-state index in [0.29, 0.717) is 35.3 Å². The number of carbonyl (C=O) groups is 2. The number of likely N-dealkylation sites (tertiary alicyclic amines) is 1. The Kier molecular flexibility index (Phi) is 5.67. The average Bonchev–Trinajstić information content (AvgIpc) is 3.27. The maximum absolute atomic E-state index is 13.7. The molecule has 1 aliphatic rings. The van der Waals surface area contributed by atoms with E-state index >= 15 is 0 Å². The number of carbonyl (C=O) groups excluding carboxylic acids is 2. The molecule has 3 aromatic rings. The SMILES string of the molecule is Cc1ccc(-n2nccn2)c(C(=O)N2CC[C@H]2C(=O)O/N=C(\N)c2cccc(F)c2C)c1. The molecule has 2 N–H and O–H groups in total. The highest BCUT2D eigenvalue weighted by molar-refractivity contribution is 6.01. The summed E-state index contributed by atoms with van der Waals surface area (Å²) in [6, 6.07) is 8.89. The summed E-state index contributed by atoms with van der Waals surface area (Å²) in [5.74, 6) is -1.62. The van der Waals surface area contributed by atoms with Gasteiger partial charge in [0.25, 0.3) is 5.91 Å². The van der Waals surface area contributed by atoms with Gasteiger partial charge in [0.15, 0.2) is 5.84 Å². The normalized spacial score (nSPS) is 15.9. The van der Waals surface area contributed by atoms with Gasteiger partial charge in [-0.25, -0.2) is 9.18 Å². The molecule has 0 radical (unpaired) electrons. The van der Waals surface area contributed by atoms with Gasteiger partial charge in [-0.1, -0.05) is 28.9 Å². The third-order valence-corrected chi connectivity index (χ3v) is 5.35. The molecule has 32 heavy (non-hydrogen) atoms. The van der Waals surface area contributed by atoms with E-state index in [-0.39, 0.29) is 11.7 Å². The van der Waals surface area contributed by atoms with E-state index in [2.05, 4.69) is 15.4 Å². The zero-order valence-electron chi connectivity index (χ0n) is 17.5. The van der Waals surface area contributed by atoms with E-state index in [1.807, 2.05) is 13.0 Å². The molecule has 4 rings (SSSR count). The summed E-state index contributed by atoms with van der Waals surface area (Å²) in [7, 11) is 0. The Morgan fingerprint density at radius 2 is 1.91 bits per heavy atom. The molecule has 0 bridgehead atoms. The van der Waals surface area contributed by atoms with Crippen LogP contribution in [0, 0.1) is 19.7 Å². The summed E-state index contributed by atoms with van der Waals surface area (Å²) < 4.78 is 13.7. The topological polar surface area (TPSA) is 116 Å². The van der Waals surface area contributed by atoms with Gasteiger partial charge in [-0.2, -0.15) is 15.0 Å². The van der Waals surface area contributed by atoms with Crippen molar-refractivity contribution < 1.29 is 18.8 Å². The van der Waals surface area contributed by atoms with E-state index < -0.39 is 17.8 Å². The van der Waals surface area contributed by atoms with Crippen molar-refractivity contribution in [2.75, 3.05) is 6.54 Å². The number of aryl methyl sites for hydroxylation is 1. The van der Waals surface area contributed by atoms with Crippen LogP contribution in [0.5, 0.6) is 0 Å². The molecule has 2 aromatic carbocycles. The molecular weight excluding hydrogens is 415 g/mol. The van der Waals surface area contributed by atoms with Crippen molar-refractivity contribution in [1.29, 1.82) is 0 Å². The highest BCUT2D eigenvalue weighted by Crippen LogP contribution is 2.25. The first-order valence-corrected chi connectivity index (χ1v) is 9.95. The fourth-order valence-electron chi connectivity index (χ4n) is 3.46. The Balaban J connectivity index is 1.51. The Morgan fingerprint density at radius 3 is 2.59 bits per heavy atom. The quantitative estimate of drug-likeness (QED) is 0.283. The number of amidine groups is 1. The van der Waals surface area contributed by atoms with Crippen molar-refractivity contribution in [2.24, 2.45) is 10.9 Å². The molecule has 1 fully saturated rings. The molecule has 1 atom stereocenters. The zero-order chi connectivity index (χ0) is 22.8. The van der Waals surface area contributed by atoms with Gasteiger partial charge in [-0.3, -0.25) is 4.79 Å². The van der Waals surface area contributed by atoms with Crippen LogP contribution in [0.4, 0.5) is 4.39 Å². The smallest absolute Gasteiger partial charge is 0.357 e. The van der Waals surface area contributed by atoms with Crippen LogP contribution in [-0.2, 0) is 9.63 Å². The van der Waals surface area contributed by atoms with Crippen molar-refractivity contribution >= 4 is 17.7 Å². The number of benzene rings is 2. The lowest BCUT2D eigenvalue weighted by Gasteiger charge is -2.38. The molecule has 1 aromatic heterocycles. The maximum atomic E-state index is 13.7. The molecule has 164 valence electrons. The van der Waals surface area contributed by atoms with Gasteiger partial charge >= 0.3 is 5.97 Å². The van der Waals surface area contributed by atoms with Crippen molar-refractivity contribution in [1.82, 2.24) is 19.9 Å². The second kappa shape index (κ2) is 8.58. The number of oxime groups is 1. The van der Waals surface area contributed by atoms with Crippen molar-refractivity contribution in [3.05, 3.63) is 76.9 Å². The number of hydrogen-bond donors (Lipinski definition) is 1. The lowest BCUT2D eigenvalue weighted by Crippen LogP contribution is -2.55. The molecule has 1 saturated heterocycles. The van der Waals surface area contributed by atoms with Crippen LogP contribution in [0.1, 0.15) is 33.5 Å². The molecule has 10 heteroatoms. The van der Waals surface area contributed by atoms with Crippen molar-refractivity contribution in [3.8, 4) is 5.69 Å². The predicted octanol–water partition coefficient (Wildman–Crippen LogP) is 2.10. The number of aromatic nitrogens is 3. The van der Waals surface area contributed by atoms with Gasteiger partial charge in [-0.15, -0.1) is 0 Å². The average molecular weight is 436 g/mol. The molecule has 2 heterocycles. The maximum Gasteiger partial charge on any atom is 0.357 e. The highest BCUT2D eigenvalue weighted by atomic mass is 19.1. The number of nitrogens with two attached hydrogens (primary N) is 1. The molecule has 0 saturated carbocycles. The largest absolute Gasteiger partial charge is 0.380 e. The Morgan fingerprint density at radius 1 is 1.16 bits per heavy atom. The first-order valence-electron chi connectivity index (χ1n) is 9.95. The van der Waals surface area contributed by atoms with E-state index in [4.69, 9.17) is 10.6 Å². The van der Waals surface area contributed by atoms with Crippen LogP contribution in [-0.4, -0.2) is 50.2 Å². The van der Waals surface area contributed by atoms with Crippen LogP contribution < -0.4 is 5.73 Å². The zero-order valence-corrected chi connectivity index (χ0v) is 17.5. The van der Waals surface area contributed by atoms with E-state index in [1.165, 1.54) is 34.2 Å². The number of nitrogens with zero attached hydrogens (tertiary/aromatic N) is 5. The molecular formula is C22H21FN6O3. The minimum absolute atomic E-state index is 0.127. The fourth-order valence-corrected chi connectivity index (χ4v) is 3.46. The summed E-state index contributed by atoms with van der Waals surface area (Å²) in [6.45, 7) is 3.81. The van der Waals surface area contributed by atoms with Gasteiger partial charge in [0.05, 0.1) is 23.6 Å². The van der Waals surface area contributed by atoms with E-state index in [1.54, 1.807) is 25.1 Å². The van der Waals surface area contributed by atoms with Crippen LogP contribution in [0.3, 0.4) is 0 Å². The number of rotatable bonds is 5. The summed E-state index contributed by atoms with van der Waals surface area (Å²) in [4.78, 5) is 33.5. The Hall–Kier alpha value is -4.08. The monoisotopic (exact) mass is 436 g/mol. The van der Waals surface area contributed by atoms with Gasteiger partial charge < -0.3 is 15.5 Å². The molecule has 1 amide bonds. The molecule has 1 aliphatic heterocycles. The summed E-state index contributed by atoms with van der Waals surface area (Å²) in [6.07, 6.45) is 3.46. The number of amides is 1. The summed E-state index contributed by atoms with van der Waals surface area (Å²) in [5, 5.41) is 11.8. The van der Waals surface area contributed by atoms with Crippen molar-refractivity contribution in [3.63, 3.8) is 0 Å². The minimum Gasteiger partial charge on any atom is -0.380 e. The second-order valence-corrected chi connectivity index (χ2v) is 7.44. The van der Waals surface area contributed by atoms with Crippen LogP contribution >= 0.6 is 0 Å². The third-order valence-electron chi connectivity index (χ3n) is 5.35. The standard InChI is InChI=1S/C22H21FN6O3/c1-13-6-7-18(29-25-9-10-26-29)16(12-13)21(30)28-11-8-19(28)22(31)32-27-20(24)15-4-3-5-17(23)14(15)2/h3-7,9-10,12,19H,8,11H2,1-2H3,(H2,24,27)/t19-/m0/s1. The van der Waals surface area contributed by atoms with Gasteiger partial charge in [0, 0.05) is 12.1 Å². The second-order valence-electron chi connectivity index (χ2n) is 7.44. The van der Waals surface area contributed by atoms with Crippen LogP contribution in [0.2, 0.25) is 0 Å². The molecule has 0 aliphatic carbocycles. The lowest BCUT2D eigenvalue weighted by atomic mass is 10.00. The third kappa shape index (κ3) is 3.94. The number of hydrogen-bond acceptors (Lipinski definition) is 6. The first kappa shape index (κ1) is 21.2. The number of halogens is 1. The first-order chi connectivity index (χ1) is 15.4. The lowest BCUT2D eigenvalue weighted by molar-refractivity contribution is -0.153. The van der Waals surface area contributed by atoms with Gasteiger partial charge in [-0.05, 0) is 44.0 Å². The minimum atomic E-state index is -0.799. The molecule has 0 spiro atoms. The fraction of sp³-hybridized carbons (Fsp3) is 0.227.